The molecule has 0 aliphatic carbocycles. The van der Waals surface area contributed by atoms with E-state index in [2.05, 4.69) is 0 Å². The first kappa shape index (κ1) is 20.1. The number of nitro benzene ring substituents is 1. The minimum Gasteiger partial charge on any atom is -1.00 e. The summed E-state index contributed by atoms with van der Waals surface area (Å²) in [6, 6.07) is 13.8. The maximum Gasteiger partial charge on any atom is 0.433 e. The summed E-state index contributed by atoms with van der Waals surface area (Å²) in [7, 11) is 1.59. The molecule has 0 atom stereocenters. The Morgan fingerprint density at radius 2 is 1.96 bits per heavy atom. The van der Waals surface area contributed by atoms with E-state index in [-0.39, 0.29) is 24.0 Å². The second-order valence-corrected chi connectivity index (χ2v) is 7.83. The third-order valence-electron chi connectivity index (χ3n) is 4.08. The summed E-state index contributed by atoms with van der Waals surface area (Å²) >= 11 is 2.83. The van der Waals surface area contributed by atoms with E-state index in [9.17, 15) is 14.9 Å². The molecule has 1 aliphatic rings. The number of para-hydroxylation sites is 1. The Hall–Kier alpha value is -2.68. The van der Waals surface area contributed by atoms with Gasteiger partial charge in [-0.2, -0.15) is 0 Å². The van der Waals surface area contributed by atoms with E-state index in [1.54, 1.807) is 23.8 Å². The van der Waals surface area contributed by atoms with E-state index in [1.165, 1.54) is 35.2 Å². The van der Waals surface area contributed by atoms with Gasteiger partial charge in [0.05, 0.1) is 23.0 Å². The number of benzene rings is 2. The van der Waals surface area contributed by atoms with Crippen LogP contribution in [0.25, 0.3) is 17.3 Å². The monoisotopic (exact) mass is 432 g/mol. The maximum atomic E-state index is 13.0. The Labute approximate surface area is 175 Å². The number of thioether (sulfide) groups is 1. The summed E-state index contributed by atoms with van der Waals surface area (Å²) in [5.74, 6) is 0.543. The lowest BCUT2D eigenvalue weighted by molar-refractivity contribution is -0.588. The molecular formula is C19H13ClN2O4S2. The molecule has 1 aliphatic heterocycles. The molecule has 0 fully saturated rings. The first-order valence-corrected chi connectivity index (χ1v) is 9.64. The van der Waals surface area contributed by atoms with Crippen LogP contribution in [0.4, 0.5) is 5.69 Å². The lowest BCUT2D eigenvalue weighted by atomic mass is 10.1. The van der Waals surface area contributed by atoms with E-state index in [0.717, 1.165) is 9.90 Å². The standard InChI is InChI=1S/C19H13N2O4S2.ClH/c1-25-16-8-3-2-5-13(16)10-17-18(22)20-15(11-26-19(20)27-17)12-6-4-7-14(9-12)21(23)24;/h2-11H,1H3;1H/q+1;/p-1/b17-10+;. The van der Waals surface area contributed by atoms with Crippen molar-refractivity contribution in [3.05, 3.63) is 74.5 Å². The average molecular weight is 433 g/mol. The van der Waals surface area contributed by atoms with Crippen LogP contribution in [0.15, 0.2) is 63.2 Å². The molecule has 0 saturated carbocycles. The summed E-state index contributed by atoms with van der Waals surface area (Å²) in [6.07, 6.45) is 1.81. The smallest absolute Gasteiger partial charge is 0.433 e. The number of thiazole rings is 1. The Balaban J connectivity index is 0.00000225. The number of rotatable bonds is 4. The third-order valence-corrected chi connectivity index (χ3v) is 6.22. The van der Waals surface area contributed by atoms with Crippen molar-refractivity contribution >= 4 is 40.8 Å². The molecule has 4 rings (SSSR count). The number of carbonyl (C=O) groups excluding carboxylic acids is 1. The second-order valence-electron chi connectivity index (χ2n) is 5.69. The second kappa shape index (κ2) is 8.14. The number of nitro groups is 1. The van der Waals surface area contributed by atoms with Gasteiger partial charge in [0.2, 0.25) is 5.69 Å². The number of carbonyl (C=O) groups is 1. The van der Waals surface area contributed by atoms with Gasteiger partial charge in [0.25, 0.3) is 5.69 Å². The molecule has 0 bridgehead atoms. The van der Waals surface area contributed by atoms with Gasteiger partial charge in [-0.3, -0.25) is 10.1 Å². The molecular weight excluding hydrogens is 420 g/mol. The summed E-state index contributed by atoms with van der Waals surface area (Å²) in [5.41, 5.74) is 2.11. The summed E-state index contributed by atoms with van der Waals surface area (Å²) < 4.78 is 7.77. The molecule has 0 saturated heterocycles. The van der Waals surface area contributed by atoms with Gasteiger partial charge in [-0.05, 0) is 18.2 Å². The fourth-order valence-electron chi connectivity index (χ4n) is 2.81. The predicted molar refractivity (Wildman–Crippen MR) is 104 cm³/mol. The largest absolute Gasteiger partial charge is 1.00 e. The van der Waals surface area contributed by atoms with Gasteiger partial charge in [0.1, 0.15) is 10.7 Å². The topological polar surface area (TPSA) is 73.3 Å². The Morgan fingerprint density at radius 3 is 2.71 bits per heavy atom. The number of aromatic nitrogens is 1. The van der Waals surface area contributed by atoms with Crippen LogP contribution in [0.1, 0.15) is 10.4 Å². The van der Waals surface area contributed by atoms with E-state index in [1.807, 2.05) is 35.7 Å². The van der Waals surface area contributed by atoms with Gasteiger partial charge in [-0.1, -0.05) is 35.6 Å². The van der Waals surface area contributed by atoms with Crippen molar-refractivity contribution in [3.63, 3.8) is 0 Å². The van der Waals surface area contributed by atoms with Gasteiger partial charge in [0, 0.05) is 29.5 Å². The van der Waals surface area contributed by atoms with E-state index >= 15 is 0 Å². The Morgan fingerprint density at radius 1 is 1.18 bits per heavy atom. The zero-order chi connectivity index (χ0) is 19.0. The molecule has 0 spiro atoms. The summed E-state index contributed by atoms with van der Waals surface area (Å²) in [6.45, 7) is 0. The molecule has 6 nitrogen and oxygen atoms in total. The number of nitrogens with zero attached hydrogens (tertiary/aromatic N) is 2. The molecule has 0 amide bonds. The molecule has 0 N–H and O–H groups in total. The highest BCUT2D eigenvalue weighted by atomic mass is 35.5. The number of methoxy groups -OCH3 is 1. The van der Waals surface area contributed by atoms with Crippen molar-refractivity contribution in [2.75, 3.05) is 7.11 Å². The van der Waals surface area contributed by atoms with Gasteiger partial charge in [-0.15, -0.1) is 4.57 Å². The number of fused-ring (bicyclic) bond motifs is 1. The van der Waals surface area contributed by atoms with E-state index in [0.29, 0.717) is 21.9 Å². The van der Waals surface area contributed by atoms with Crippen LogP contribution in [0.5, 0.6) is 5.75 Å². The van der Waals surface area contributed by atoms with Gasteiger partial charge in [0.15, 0.2) is 0 Å². The number of non-ortho nitro benzene ring substituents is 1. The van der Waals surface area contributed by atoms with Gasteiger partial charge in [-0.25, -0.2) is 4.79 Å². The van der Waals surface area contributed by atoms with Crippen molar-refractivity contribution < 1.29 is 31.4 Å². The zero-order valence-corrected chi connectivity index (χ0v) is 16.9. The average Bonchev–Trinajstić information content (AvgIpc) is 3.23. The molecule has 0 radical (unpaired) electrons. The maximum absolute atomic E-state index is 13.0. The van der Waals surface area contributed by atoms with Crippen molar-refractivity contribution in [1.82, 2.24) is 0 Å². The van der Waals surface area contributed by atoms with Crippen LogP contribution in [-0.4, -0.2) is 17.9 Å². The van der Waals surface area contributed by atoms with Crippen molar-refractivity contribution in [2.45, 2.75) is 4.34 Å². The molecule has 9 heteroatoms. The van der Waals surface area contributed by atoms with Crippen LogP contribution in [0, 0.1) is 10.1 Å². The first-order valence-electron chi connectivity index (χ1n) is 7.94. The highest BCUT2D eigenvalue weighted by molar-refractivity contribution is 8.05. The highest BCUT2D eigenvalue weighted by Gasteiger charge is 2.41. The summed E-state index contributed by atoms with van der Waals surface area (Å²) in [5, 5.41) is 12.9. The predicted octanol–water partition coefficient (Wildman–Crippen LogP) is 1.41. The number of allylic oxidation sites excluding steroid dienone is 1. The van der Waals surface area contributed by atoms with Crippen LogP contribution >= 0.6 is 23.1 Å². The lowest BCUT2D eigenvalue weighted by Crippen LogP contribution is -3.00. The van der Waals surface area contributed by atoms with Crippen LogP contribution in [0.3, 0.4) is 0 Å². The van der Waals surface area contributed by atoms with Crippen LogP contribution < -0.4 is 21.7 Å². The minimum atomic E-state index is -0.440. The number of halogens is 1. The zero-order valence-electron chi connectivity index (χ0n) is 14.5. The Bertz CT molecular complexity index is 1110. The van der Waals surface area contributed by atoms with Gasteiger partial charge >= 0.3 is 10.2 Å². The van der Waals surface area contributed by atoms with Crippen LogP contribution in [0.2, 0.25) is 0 Å². The van der Waals surface area contributed by atoms with E-state index in [4.69, 9.17) is 4.74 Å². The fourth-order valence-corrected chi connectivity index (χ4v) is 4.99. The number of ether oxygens (including phenoxy) is 1. The molecule has 142 valence electrons. The van der Waals surface area contributed by atoms with Crippen molar-refractivity contribution in [2.24, 2.45) is 0 Å². The molecule has 3 aromatic rings. The molecule has 28 heavy (non-hydrogen) atoms. The first-order chi connectivity index (χ1) is 13.1. The molecule has 2 heterocycles. The lowest BCUT2D eigenvalue weighted by Gasteiger charge is -2.03. The molecule has 2 aromatic carbocycles. The third kappa shape index (κ3) is 3.54. The number of hydrogen-bond acceptors (Lipinski definition) is 6. The number of hydrogen-bond donors (Lipinski definition) is 0. The highest BCUT2D eigenvalue weighted by Crippen LogP contribution is 2.39. The van der Waals surface area contributed by atoms with Crippen molar-refractivity contribution in [3.8, 4) is 17.0 Å². The van der Waals surface area contributed by atoms with Crippen molar-refractivity contribution in [1.29, 1.82) is 0 Å². The SMILES string of the molecule is COc1ccccc1/C=C1/Sc2scc(-c3cccc([N+](=O)[O-])c3)[n+]2C1=O.[Cl-]. The Kier molecular flexibility index (Phi) is 5.83. The van der Waals surface area contributed by atoms with Crippen LogP contribution in [-0.2, 0) is 0 Å². The van der Waals surface area contributed by atoms with E-state index < -0.39 is 4.92 Å². The normalized spacial score (nSPS) is 13.9. The van der Waals surface area contributed by atoms with Gasteiger partial charge < -0.3 is 17.1 Å². The molecule has 1 aromatic heterocycles. The fraction of sp³-hybridized carbons (Fsp3) is 0.0526. The summed E-state index contributed by atoms with van der Waals surface area (Å²) in [4.78, 5) is 24.2. The quantitative estimate of drug-likeness (QED) is 0.270. The molecule has 0 unspecified atom stereocenters. The minimum absolute atomic E-state index is 0.